The third-order valence-electron chi connectivity index (χ3n) is 5.08. The van der Waals surface area contributed by atoms with Crippen molar-refractivity contribution in [1.82, 2.24) is 10.6 Å². The van der Waals surface area contributed by atoms with E-state index in [9.17, 15) is 0 Å². The van der Waals surface area contributed by atoms with Crippen LogP contribution in [0.15, 0.2) is 60.7 Å². The molecule has 0 fully saturated rings. The molecule has 0 aliphatic heterocycles. The van der Waals surface area contributed by atoms with Crippen molar-refractivity contribution >= 4 is 0 Å². The minimum Gasteiger partial charge on any atom is -0.308 e. The molecule has 0 aliphatic rings. The maximum atomic E-state index is 3.70. The summed E-state index contributed by atoms with van der Waals surface area (Å²) in [6.45, 7) is 11.1. The molecule has 0 bridgehead atoms. The van der Waals surface area contributed by atoms with Crippen LogP contribution in [0.25, 0.3) is 0 Å². The number of benzene rings is 2. The summed E-state index contributed by atoms with van der Waals surface area (Å²) in [6.07, 6.45) is 4.92. The van der Waals surface area contributed by atoms with Crippen LogP contribution in [-0.4, -0.2) is 11.1 Å². The Morgan fingerprint density at radius 2 is 0.923 bits per heavy atom. The van der Waals surface area contributed by atoms with Gasteiger partial charge in [0.1, 0.15) is 0 Å². The third-order valence-corrected chi connectivity index (χ3v) is 5.08. The van der Waals surface area contributed by atoms with Crippen LogP contribution >= 0.6 is 0 Å². The summed E-state index contributed by atoms with van der Waals surface area (Å²) >= 11 is 0. The number of unbranched alkanes of at least 4 members (excludes halogenated alkanes) is 1. The minimum absolute atomic E-state index is 0.178. The summed E-state index contributed by atoms with van der Waals surface area (Å²) in [5.74, 6) is 0. The van der Waals surface area contributed by atoms with E-state index in [1.165, 1.54) is 36.8 Å². The van der Waals surface area contributed by atoms with E-state index in [-0.39, 0.29) is 11.1 Å². The van der Waals surface area contributed by atoms with Gasteiger partial charge in [-0.3, -0.25) is 0 Å². The summed E-state index contributed by atoms with van der Waals surface area (Å²) in [5, 5.41) is 7.41. The van der Waals surface area contributed by atoms with Crippen molar-refractivity contribution in [3.63, 3.8) is 0 Å². The van der Waals surface area contributed by atoms with Crippen molar-refractivity contribution in [1.29, 1.82) is 0 Å². The second kappa shape index (κ2) is 9.89. The molecule has 0 radical (unpaired) electrons. The van der Waals surface area contributed by atoms with Gasteiger partial charge in [-0.2, -0.15) is 0 Å². The fourth-order valence-corrected chi connectivity index (χ4v) is 3.19. The molecule has 0 heterocycles. The zero-order valence-electron chi connectivity index (χ0n) is 17.0. The van der Waals surface area contributed by atoms with Gasteiger partial charge in [-0.05, 0) is 51.7 Å². The lowest BCUT2D eigenvalue weighted by Gasteiger charge is -2.29. The molecular formula is C24H36N2. The first-order valence-corrected chi connectivity index (χ1v) is 9.94. The van der Waals surface area contributed by atoms with Gasteiger partial charge < -0.3 is 10.6 Å². The SMILES string of the molecule is CC(C)(CCCCC(C)(C)NCc1ccccc1)NCc1ccccc1. The molecule has 0 amide bonds. The molecule has 0 atom stereocenters. The van der Waals surface area contributed by atoms with Crippen LogP contribution in [0.5, 0.6) is 0 Å². The second-order valence-electron chi connectivity index (χ2n) is 8.65. The average Bonchev–Trinajstić information content (AvgIpc) is 2.64. The predicted molar refractivity (Wildman–Crippen MR) is 113 cm³/mol. The molecule has 26 heavy (non-hydrogen) atoms. The lowest BCUT2D eigenvalue weighted by Crippen LogP contribution is -2.40. The Bertz CT molecular complexity index is 560. The smallest absolute Gasteiger partial charge is 0.0210 e. The summed E-state index contributed by atoms with van der Waals surface area (Å²) in [7, 11) is 0. The van der Waals surface area contributed by atoms with E-state index in [4.69, 9.17) is 0 Å². The zero-order valence-corrected chi connectivity index (χ0v) is 17.0. The van der Waals surface area contributed by atoms with Crippen LogP contribution < -0.4 is 10.6 Å². The molecule has 0 saturated heterocycles. The van der Waals surface area contributed by atoms with E-state index < -0.39 is 0 Å². The molecule has 2 N–H and O–H groups in total. The van der Waals surface area contributed by atoms with E-state index in [1.54, 1.807) is 0 Å². The summed E-state index contributed by atoms with van der Waals surface area (Å²) in [6, 6.07) is 21.3. The zero-order chi connectivity index (χ0) is 18.9. The Morgan fingerprint density at radius 3 is 1.27 bits per heavy atom. The highest BCUT2D eigenvalue weighted by molar-refractivity contribution is 5.15. The fraction of sp³-hybridized carbons (Fsp3) is 0.500. The van der Waals surface area contributed by atoms with Crippen LogP contribution in [0, 0.1) is 0 Å². The monoisotopic (exact) mass is 352 g/mol. The lowest BCUT2D eigenvalue weighted by molar-refractivity contribution is 0.314. The molecule has 2 nitrogen and oxygen atoms in total. The van der Waals surface area contributed by atoms with E-state index in [1.807, 2.05) is 0 Å². The fourth-order valence-electron chi connectivity index (χ4n) is 3.19. The number of rotatable bonds is 11. The number of hydrogen-bond acceptors (Lipinski definition) is 2. The molecular weight excluding hydrogens is 316 g/mol. The van der Waals surface area contributed by atoms with Crippen molar-refractivity contribution in [3.8, 4) is 0 Å². The van der Waals surface area contributed by atoms with Crippen LogP contribution in [0.4, 0.5) is 0 Å². The van der Waals surface area contributed by atoms with E-state index in [0.717, 1.165) is 13.1 Å². The van der Waals surface area contributed by atoms with Crippen molar-refractivity contribution in [2.75, 3.05) is 0 Å². The van der Waals surface area contributed by atoms with Crippen molar-refractivity contribution < 1.29 is 0 Å². The molecule has 2 aromatic carbocycles. The Hall–Kier alpha value is -1.64. The first kappa shape index (κ1) is 20.7. The van der Waals surface area contributed by atoms with Gasteiger partial charge in [0.25, 0.3) is 0 Å². The largest absolute Gasteiger partial charge is 0.308 e. The third kappa shape index (κ3) is 8.16. The molecule has 0 unspecified atom stereocenters. The topological polar surface area (TPSA) is 24.1 Å². The van der Waals surface area contributed by atoms with Crippen molar-refractivity contribution in [2.45, 2.75) is 77.5 Å². The molecule has 0 saturated carbocycles. The molecule has 2 rings (SSSR count). The maximum absolute atomic E-state index is 3.70. The van der Waals surface area contributed by atoms with Gasteiger partial charge in [0.15, 0.2) is 0 Å². The summed E-state index contributed by atoms with van der Waals surface area (Å²) in [5.41, 5.74) is 3.06. The Kier molecular flexibility index (Phi) is 7.86. The first-order valence-electron chi connectivity index (χ1n) is 9.94. The first-order chi connectivity index (χ1) is 12.4. The molecule has 142 valence electrons. The quantitative estimate of drug-likeness (QED) is 0.508. The van der Waals surface area contributed by atoms with E-state index in [2.05, 4.69) is 99.0 Å². The standard InChI is InChI=1S/C24H36N2/c1-23(2,25-19-21-13-7-5-8-14-21)17-11-12-18-24(3,4)26-20-22-15-9-6-10-16-22/h5-10,13-16,25-26H,11-12,17-20H2,1-4H3. The van der Waals surface area contributed by atoms with Gasteiger partial charge in [-0.15, -0.1) is 0 Å². The van der Waals surface area contributed by atoms with Crippen LogP contribution in [0.1, 0.15) is 64.5 Å². The normalized spacial score (nSPS) is 12.3. The Morgan fingerprint density at radius 1 is 0.577 bits per heavy atom. The molecule has 2 aromatic rings. The van der Waals surface area contributed by atoms with Gasteiger partial charge in [-0.1, -0.05) is 73.5 Å². The number of nitrogens with one attached hydrogen (secondary N) is 2. The van der Waals surface area contributed by atoms with E-state index in [0.29, 0.717) is 0 Å². The van der Waals surface area contributed by atoms with Crippen molar-refractivity contribution in [3.05, 3.63) is 71.8 Å². The van der Waals surface area contributed by atoms with Gasteiger partial charge in [-0.25, -0.2) is 0 Å². The highest BCUT2D eigenvalue weighted by atomic mass is 15.0. The van der Waals surface area contributed by atoms with Crippen LogP contribution in [-0.2, 0) is 13.1 Å². The Labute approximate surface area is 160 Å². The highest BCUT2D eigenvalue weighted by Crippen LogP contribution is 2.19. The van der Waals surface area contributed by atoms with Gasteiger partial charge in [0, 0.05) is 24.2 Å². The van der Waals surface area contributed by atoms with Gasteiger partial charge in [0.05, 0.1) is 0 Å². The molecule has 2 heteroatoms. The highest BCUT2D eigenvalue weighted by Gasteiger charge is 2.19. The molecule has 0 aromatic heterocycles. The van der Waals surface area contributed by atoms with Crippen LogP contribution in [0.3, 0.4) is 0 Å². The second-order valence-corrected chi connectivity index (χ2v) is 8.65. The van der Waals surface area contributed by atoms with Gasteiger partial charge in [0.2, 0.25) is 0 Å². The van der Waals surface area contributed by atoms with E-state index >= 15 is 0 Å². The van der Waals surface area contributed by atoms with Crippen LogP contribution in [0.2, 0.25) is 0 Å². The lowest BCUT2D eigenvalue weighted by atomic mass is 9.92. The molecule has 0 spiro atoms. The number of hydrogen-bond donors (Lipinski definition) is 2. The average molecular weight is 353 g/mol. The van der Waals surface area contributed by atoms with Crippen molar-refractivity contribution in [2.24, 2.45) is 0 Å². The summed E-state index contributed by atoms with van der Waals surface area (Å²) in [4.78, 5) is 0. The summed E-state index contributed by atoms with van der Waals surface area (Å²) < 4.78 is 0. The van der Waals surface area contributed by atoms with Gasteiger partial charge >= 0.3 is 0 Å². The molecule has 0 aliphatic carbocycles. The maximum Gasteiger partial charge on any atom is 0.0210 e. The Balaban J connectivity index is 1.64. The predicted octanol–water partition coefficient (Wildman–Crippen LogP) is 5.68. The minimum atomic E-state index is 0.178.